The van der Waals surface area contributed by atoms with Crippen LogP contribution in [-0.2, 0) is 0 Å². The highest BCUT2D eigenvalue weighted by molar-refractivity contribution is 8.24. The molecular formula is C47H72N2O4S. The maximum absolute atomic E-state index is 11.6. The highest BCUT2D eigenvalue weighted by atomic mass is 32.3. The Morgan fingerprint density at radius 2 is 1.59 bits per heavy atom. The van der Waals surface area contributed by atoms with Crippen LogP contribution < -0.4 is 0 Å². The number of hydrogen-bond donors (Lipinski definition) is 3. The van der Waals surface area contributed by atoms with Crippen molar-refractivity contribution in [1.29, 1.82) is 0 Å². The first kappa shape index (κ1) is 39.2. The predicted octanol–water partition coefficient (Wildman–Crippen LogP) is 11.0. The number of benzene rings is 1. The van der Waals surface area contributed by atoms with Crippen LogP contribution in [-0.4, -0.2) is 80.3 Å². The van der Waals surface area contributed by atoms with E-state index in [4.69, 9.17) is 6.58 Å². The first-order chi connectivity index (χ1) is 25.4. The smallest absolute Gasteiger partial charge is 0.335 e. The largest absolute Gasteiger partial charge is 0.478 e. The van der Waals surface area contributed by atoms with Gasteiger partial charge in [-0.05, 0) is 177 Å². The number of carboxylic acids is 1. The average molecular weight is 761 g/mol. The molecule has 5 saturated carbocycles. The molecule has 300 valence electrons. The van der Waals surface area contributed by atoms with E-state index in [-0.39, 0.29) is 10.8 Å². The van der Waals surface area contributed by atoms with Gasteiger partial charge in [0, 0.05) is 25.7 Å². The van der Waals surface area contributed by atoms with E-state index < -0.39 is 16.6 Å². The minimum Gasteiger partial charge on any atom is -0.478 e. The summed E-state index contributed by atoms with van der Waals surface area (Å²) in [7, 11) is -2.34. The van der Waals surface area contributed by atoms with E-state index >= 15 is 0 Å². The molecule has 0 aromatic heterocycles. The lowest BCUT2D eigenvalue weighted by atomic mass is 9.32. The molecule has 54 heavy (non-hydrogen) atoms. The molecule has 0 bridgehead atoms. The first-order valence-electron chi connectivity index (χ1n) is 21.8. The number of hydrogen-bond acceptors (Lipinski definition) is 5. The molecule has 1 saturated heterocycles. The maximum Gasteiger partial charge on any atom is 0.335 e. The first-order valence-corrected chi connectivity index (χ1v) is 23.7. The number of nitrogens with zero attached hydrogens (tertiary/aromatic N) is 2. The molecule has 7 aliphatic rings. The third kappa shape index (κ3) is 6.32. The summed E-state index contributed by atoms with van der Waals surface area (Å²) in [5.41, 5.74) is 5.71. The minimum atomic E-state index is -2.34. The monoisotopic (exact) mass is 761 g/mol. The molecular weight excluding hydrogens is 689 g/mol. The van der Waals surface area contributed by atoms with Crippen LogP contribution >= 0.6 is 10.6 Å². The van der Waals surface area contributed by atoms with Gasteiger partial charge in [-0.1, -0.05) is 65.0 Å². The van der Waals surface area contributed by atoms with Crippen LogP contribution in [0.5, 0.6) is 0 Å². The standard InChI is InChI=1S/C47H72N2O4S/c1-32(2)36-17-22-47(31-49(35-13-14-35)26-8-25-48-27-29-54(52,53)30-28-48)24-23-45(6)38(41(36)47)15-16-40-44(5)20-18-37(33-9-11-34(12-10-33)42(50)51)43(3,4)39(44)19-21-46(40,45)7/h9-12,18,35-36,38-41,52-53H,1,8,13-17,19-31H2,2-7H3,(H,50,51)/t36-,38+,39-,40+,41+,44-,45+,46+,47+/m0/s1. The molecule has 0 radical (unpaired) electrons. The fourth-order valence-electron chi connectivity index (χ4n) is 15.2. The Bertz CT molecular complexity index is 1640. The van der Waals surface area contributed by atoms with Gasteiger partial charge in [0.25, 0.3) is 0 Å². The second-order valence-electron chi connectivity index (χ2n) is 21.1. The normalized spacial score (nSPS) is 41.9. The summed E-state index contributed by atoms with van der Waals surface area (Å²) in [6.45, 7) is 25.4. The molecule has 8 rings (SSSR count). The molecule has 1 heterocycles. The number of allylic oxidation sites excluding steroid dienone is 3. The van der Waals surface area contributed by atoms with Gasteiger partial charge in [0.1, 0.15) is 0 Å². The zero-order chi connectivity index (χ0) is 38.5. The summed E-state index contributed by atoms with van der Waals surface area (Å²) in [6.07, 6.45) is 18.3. The summed E-state index contributed by atoms with van der Waals surface area (Å²) in [5.74, 6) is 3.67. The molecule has 0 spiro atoms. The molecule has 0 unspecified atom stereocenters. The summed E-state index contributed by atoms with van der Waals surface area (Å²) >= 11 is 0. The molecule has 3 N–H and O–H groups in total. The van der Waals surface area contributed by atoms with Crippen molar-refractivity contribution in [2.75, 3.05) is 44.2 Å². The van der Waals surface area contributed by atoms with Gasteiger partial charge in [-0.3, -0.25) is 14.0 Å². The van der Waals surface area contributed by atoms with Crippen LogP contribution in [0.1, 0.15) is 135 Å². The number of aromatic carboxylic acids is 1. The van der Waals surface area contributed by atoms with E-state index in [9.17, 15) is 19.0 Å². The van der Waals surface area contributed by atoms with Crippen LogP contribution in [0.25, 0.3) is 5.57 Å². The fourth-order valence-corrected chi connectivity index (χ4v) is 16.5. The highest BCUT2D eigenvalue weighted by Crippen LogP contribution is 2.78. The number of fused-ring (bicyclic) bond motifs is 7. The molecule has 6 nitrogen and oxygen atoms in total. The number of carbonyl (C=O) groups is 1. The summed E-state index contributed by atoms with van der Waals surface area (Å²) in [4.78, 5) is 17.0. The van der Waals surface area contributed by atoms with Gasteiger partial charge in [0.2, 0.25) is 0 Å². The van der Waals surface area contributed by atoms with E-state index in [1.807, 2.05) is 12.1 Å². The lowest BCUT2D eigenvalue weighted by molar-refractivity contribution is -0.227. The number of carboxylic acid groups (broad SMARTS) is 1. The Hall–Kier alpha value is -1.64. The van der Waals surface area contributed by atoms with Crippen molar-refractivity contribution in [1.82, 2.24) is 9.80 Å². The minimum absolute atomic E-state index is 0.0264. The molecule has 6 fully saturated rings. The molecule has 9 atom stereocenters. The van der Waals surface area contributed by atoms with Crippen molar-refractivity contribution >= 4 is 22.1 Å². The molecule has 6 aliphatic carbocycles. The lowest BCUT2D eigenvalue weighted by Crippen LogP contribution is -2.66. The maximum atomic E-state index is 11.6. The van der Waals surface area contributed by atoms with E-state index in [1.165, 1.54) is 100 Å². The van der Waals surface area contributed by atoms with Crippen LogP contribution in [0.15, 0.2) is 42.5 Å². The molecule has 7 heteroatoms. The SMILES string of the molecule is C=C(C)[C@@H]1CC[C@]2(CN(CCCN3CCS(O)(O)CC3)C3CC3)CC[C@]3(C)[C@H](CC[C@@H]4[C@@]5(C)CC=C(c6ccc(C(=O)O)cc6)C(C)(C)[C@@H]5CC[C@]43C)[C@@H]12. The average Bonchev–Trinajstić information content (AvgIpc) is 3.89. The van der Waals surface area contributed by atoms with Crippen molar-refractivity contribution in [3.05, 3.63) is 53.6 Å². The second kappa shape index (κ2) is 13.7. The Balaban J connectivity index is 1.03. The van der Waals surface area contributed by atoms with Crippen molar-refractivity contribution in [3.63, 3.8) is 0 Å². The Morgan fingerprint density at radius 3 is 2.24 bits per heavy atom. The van der Waals surface area contributed by atoms with Gasteiger partial charge in [0.05, 0.1) is 17.1 Å². The van der Waals surface area contributed by atoms with Gasteiger partial charge >= 0.3 is 5.97 Å². The summed E-state index contributed by atoms with van der Waals surface area (Å²) in [6, 6.07) is 8.42. The Morgan fingerprint density at radius 1 is 0.889 bits per heavy atom. The van der Waals surface area contributed by atoms with Crippen molar-refractivity contribution < 1.29 is 19.0 Å². The topological polar surface area (TPSA) is 84.2 Å². The number of rotatable bonds is 10. The van der Waals surface area contributed by atoms with Gasteiger partial charge in [0.15, 0.2) is 0 Å². The fraction of sp³-hybridized carbons (Fsp3) is 0.766. The van der Waals surface area contributed by atoms with E-state index in [2.05, 4.69) is 57.4 Å². The van der Waals surface area contributed by atoms with Crippen LogP contribution in [0, 0.1) is 56.7 Å². The second-order valence-corrected chi connectivity index (χ2v) is 23.5. The van der Waals surface area contributed by atoms with Crippen LogP contribution in [0.4, 0.5) is 0 Å². The summed E-state index contributed by atoms with van der Waals surface area (Å²) < 4.78 is 20.3. The van der Waals surface area contributed by atoms with Crippen LogP contribution in [0.3, 0.4) is 0 Å². The lowest BCUT2D eigenvalue weighted by Gasteiger charge is -2.72. The third-order valence-corrected chi connectivity index (χ3v) is 19.9. The van der Waals surface area contributed by atoms with E-state index in [0.29, 0.717) is 51.1 Å². The van der Waals surface area contributed by atoms with Gasteiger partial charge in [-0.25, -0.2) is 4.79 Å². The van der Waals surface area contributed by atoms with E-state index in [0.717, 1.165) is 43.9 Å². The molecule has 1 aliphatic heterocycles. The molecule has 1 aromatic carbocycles. The van der Waals surface area contributed by atoms with Crippen molar-refractivity contribution in [2.24, 2.45) is 56.7 Å². The van der Waals surface area contributed by atoms with Crippen molar-refractivity contribution in [3.8, 4) is 0 Å². The quantitative estimate of drug-likeness (QED) is 0.206. The Labute approximate surface area is 329 Å². The highest BCUT2D eigenvalue weighted by Gasteiger charge is 2.70. The predicted molar refractivity (Wildman–Crippen MR) is 224 cm³/mol. The molecule has 1 aromatic rings. The van der Waals surface area contributed by atoms with E-state index in [1.54, 1.807) is 12.1 Å². The van der Waals surface area contributed by atoms with Gasteiger partial charge < -0.3 is 10.0 Å². The summed E-state index contributed by atoms with van der Waals surface area (Å²) in [5, 5.41) is 9.53. The Kier molecular flexibility index (Phi) is 9.97. The zero-order valence-corrected chi connectivity index (χ0v) is 35.4. The van der Waals surface area contributed by atoms with Crippen LogP contribution in [0.2, 0.25) is 0 Å². The molecule has 0 amide bonds. The third-order valence-electron chi connectivity index (χ3n) is 18.2. The van der Waals surface area contributed by atoms with Crippen molar-refractivity contribution in [2.45, 2.75) is 125 Å². The zero-order valence-electron chi connectivity index (χ0n) is 34.5. The van der Waals surface area contributed by atoms with Gasteiger partial charge in [-0.2, -0.15) is 10.6 Å². The van der Waals surface area contributed by atoms with Gasteiger partial charge in [-0.15, -0.1) is 0 Å².